The van der Waals surface area contributed by atoms with E-state index in [2.05, 4.69) is 0 Å². The number of rotatable bonds is 3. The van der Waals surface area contributed by atoms with Crippen LogP contribution in [-0.4, -0.2) is 48.9 Å². The van der Waals surface area contributed by atoms with E-state index < -0.39 is 30.0 Å². The summed E-state index contributed by atoms with van der Waals surface area (Å²) in [5.74, 6) is -1.92. The molecule has 24 heavy (non-hydrogen) atoms. The minimum Gasteiger partial charge on any atom is -0.469 e. The van der Waals surface area contributed by atoms with Gasteiger partial charge in [-0.3, -0.25) is 9.63 Å². The molecule has 0 bridgehead atoms. The molecule has 1 fully saturated rings. The van der Waals surface area contributed by atoms with Crippen LogP contribution in [0.2, 0.25) is 0 Å². The van der Waals surface area contributed by atoms with E-state index in [4.69, 9.17) is 14.3 Å². The molecule has 1 aliphatic rings. The quantitative estimate of drug-likeness (QED) is 0.792. The predicted molar refractivity (Wildman–Crippen MR) is 85.8 cm³/mol. The molecule has 0 aliphatic carbocycles. The zero-order valence-corrected chi connectivity index (χ0v) is 14.1. The van der Waals surface area contributed by atoms with Gasteiger partial charge in [0.2, 0.25) is 0 Å². The number of methoxy groups -OCH3 is 2. The maximum atomic E-state index is 12.4. The third-order valence-electron chi connectivity index (χ3n) is 4.54. The fraction of sp³-hybridized carbons (Fsp3) is 0.412. The lowest BCUT2D eigenvalue weighted by Crippen LogP contribution is -2.36. The summed E-state index contributed by atoms with van der Waals surface area (Å²) in [5.41, 5.74) is 1.89. The van der Waals surface area contributed by atoms with Gasteiger partial charge in [-0.2, -0.15) is 5.06 Å². The number of para-hydroxylation sites is 1. The lowest BCUT2D eigenvalue weighted by molar-refractivity contribution is -0.182. The van der Waals surface area contributed by atoms with Gasteiger partial charge in [-0.25, -0.2) is 4.79 Å². The maximum absolute atomic E-state index is 12.4. The molecule has 1 aromatic heterocycles. The van der Waals surface area contributed by atoms with Gasteiger partial charge in [0.15, 0.2) is 6.10 Å². The summed E-state index contributed by atoms with van der Waals surface area (Å²) in [6, 6.07) is 9.44. The summed E-state index contributed by atoms with van der Waals surface area (Å²) in [5, 5.41) is 2.57. The van der Waals surface area contributed by atoms with E-state index in [1.54, 1.807) is 7.05 Å². The molecule has 0 N–H and O–H groups in total. The van der Waals surface area contributed by atoms with Crippen LogP contribution in [0.4, 0.5) is 0 Å². The molecule has 1 aromatic carbocycles. The van der Waals surface area contributed by atoms with Crippen molar-refractivity contribution in [2.75, 3.05) is 21.3 Å². The summed E-state index contributed by atoms with van der Waals surface area (Å²) in [4.78, 5) is 30.0. The largest absolute Gasteiger partial charge is 0.469 e. The average Bonchev–Trinajstić information content (AvgIpc) is 3.11. The smallest absolute Gasteiger partial charge is 0.338 e. The van der Waals surface area contributed by atoms with Gasteiger partial charge >= 0.3 is 11.9 Å². The van der Waals surface area contributed by atoms with Gasteiger partial charge in [0.25, 0.3) is 0 Å². The second kappa shape index (κ2) is 6.26. The van der Waals surface area contributed by atoms with E-state index in [0.717, 1.165) is 16.6 Å². The van der Waals surface area contributed by atoms with Gasteiger partial charge < -0.3 is 14.0 Å². The van der Waals surface area contributed by atoms with Gasteiger partial charge in [0.05, 0.1) is 20.3 Å². The van der Waals surface area contributed by atoms with Crippen molar-refractivity contribution >= 4 is 22.8 Å². The summed E-state index contributed by atoms with van der Waals surface area (Å²) in [6.07, 6.45) is -1.03. The van der Waals surface area contributed by atoms with Crippen molar-refractivity contribution < 1.29 is 23.9 Å². The Balaban J connectivity index is 2.10. The van der Waals surface area contributed by atoms with E-state index in [1.807, 2.05) is 41.9 Å². The minimum absolute atomic E-state index is 0.459. The Labute approximate surface area is 139 Å². The Bertz CT molecular complexity index is 784. The molecule has 7 nitrogen and oxygen atoms in total. The summed E-state index contributed by atoms with van der Waals surface area (Å²) >= 11 is 0. The molecule has 3 rings (SSSR count). The van der Waals surface area contributed by atoms with Crippen LogP contribution >= 0.6 is 0 Å². The van der Waals surface area contributed by atoms with E-state index in [9.17, 15) is 9.59 Å². The van der Waals surface area contributed by atoms with Crippen LogP contribution in [0.5, 0.6) is 0 Å². The first-order chi connectivity index (χ1) is 11.5. The van der Waals surface area contributed by atoms with Crippen molar-refractivity contribution in [2.45, 2.75) is 12.1 Å². The van der Waals surface area contributed by atoms with E-state index >= 15 is 0 Å². The summed E-state index contributed by atoms with van der Waals surface area (Å²) < 4.78 is 11.7. The second-order valence-electron chi connectivity index (χ2n) is 5.78. The maximum Gasteiger partial charge on any atom is 0.338 e. The second-order valence-corrected chi connectivity index (χ2v) is 5.78. The monoisotopic (exact) mass is 332 g/mol. The van der Waals surface area contributed by atoms with Crippen molar-refractivity contribution in [2.24, 2.45) is 13.0 Å². The Morgan fingerprint density at radius 2 is 1.75 bits per heavy atom. The number of aryl methyl sites for hydroxylation is 1. The van der Waals surface area contributed by atoms with Crippen LogP contribution in [0.3, 0.4) is 0 Å². The number of hydrogen-bond donors (Lipinski definition) is 0. The molecule has 2 heterocycles. The standard InChI is InChI=1S/C17H20N2O5/c1-18-11-8-6-5-7-10(11)9-12(18)14-13(16(20)22-3)15(17(21)23-4)24-19(14)2/h5-9,13-15H,1-4H3/t13-,14-,15+/m0/s1. The summed E-state index contributed by atoms with van der Waals surface area (Å²) in [6.45, 7) is 0. The normalized spacial score (nSPS) is 24.2. The number of fused-ring (bicyclic) bond motifs is 1. The fourth-order valence-electron chi connectivity index (χ4n) is 3.36. The number of carbonyl (C=O) groups excluding carboxylic acids is 2. The third-order valence-corrected chi connectivity index (χ3v) is 4.54. The molecule has 1 aliphatic heterocycles. The fourth-order valence-corrected chi connectivity index (χ4v) is 3.36. The molecule has 0 spiro atoms. The lowest BCUT2D eigenvalue weighted by atomic mass is 9.92. The number of carbonyl (C=O) groups is 2. The average molecular weight is 332 g/mol. The first-order valence-electron chi connectivity index (χ1n) is 7.59. The number of aromatic nitrogens is 1. The number of esters is 2. The highest BCUT2D eigenvalue weighted by atomic mass is 16.7. The van der Waals surface area contributed by atoms with E-state index in [1.165, 1.54) is 19.3 Å². The molecule has 0 saturated carbocycles. The lowest BCUT2D eigenvalue weighted by Gasteiger charge is -2.22. The first kappa shape index (κ1) is 16.5. The molecule has 7 heteroatoms. The highest BCUT2D eigenvalue weighted by Crippen LogP contribution is 2.41. The molecule has 0 amide bonds. The number of hydroxylamine groups is 2. The number of benzene rings is 1. The molecular formula is C17H20N2O5. The van der Waals surface area contributed by atoms with Crippen LogP contribution in [0.15, 0.2) is 30.3 Å². The van der Waals surface area contributed by atoms with Crippen LogP contribution in [0, 0.1) is 5.92 Å². The van der Waals surface area contributed by atoms with Crippen molar-refractivity contribution in [1.82, 2.24) is 9.63 Å². The Morgan fingerprint density at radius 3 is 2.38 bits per heavy atom. The topological polar surface area (TPSA) is 70.0 Å². The van der Waals surface area contributed by atoms with Crippen LogP contribution in [0.25, 0.3) is 10.9 Å². The number of nitrogens with zero attached hydrogens (tertiary/aromatic N) is 2. The van der Waals surface area contributed by atoms with Crippen molar-refractivity contribution in [3.8, 4) is 0 Å². The van der Waals surface area contributed by atoms with E-state index in [-0.39, 0.29) is 0 Å². The van der Waals surface area contributed by atoms with Gasteiger partial charge in [0, 0.05) is 25.3 Å². The highest BCUT2D eigenvalue weighted by molar-refractivity contribution is 5.86. The molecular weight excluding hydrogens is 312 g/mol. The molecule has 0 radical (unpaired) electrons. The molecule has 1 saturated heterocycles. The Kier molecular flexibility index (Phi) is 4.29. The van der Waals surface area contributed by atoms with Crippen LogP contribution in [-0.2, 0) is 30.9 Å². The van der Waals surface area contributed by atoms with Crippen LogP contribution in [0.1, 0.15) is 11.7 Å². The third kappa shape index (κ3) is 2.46. The zero-order valence-electron chi connectivity index (χ0n) is 14.1. The minimum atomic E-state index is -1.03. The van der Waals surface area contributed by atoms with Gasteiger partial charge in [0.1, 0.15) is 5.92 Å². The van der Waals surface area contributed by atoms with E-state index in [0.29, 0.717) is 0 Å². The van der Waals surface area contributed by atoms with Gasteiger partial charge in [-0.1, -0.05) is 18.2 Å². The molecule has 128 valence electrons. The SMILES string of the molecule is COC(=O)[C@@H]1[C@H](C(=O)OC)ON(C)[C@H]1c1cc2ccccc2n1C. The first-order valence-corrected chi connectivity index (χ1v) is 7.59. The number of hydrogen-bond acceptors (Lipinski definition) is 6. The zero-order chi connectivity index (χ0) is 17.4. The van der Waals surface area contributed by atoms with Gasteiger partial charge in [-0.05, 0) is 17.5 Å². The highest BCUT2D eigenvalue weighted by Gasteiger charge is 2.52. The molecule has 2 aromatic rings. The predicted octanol–water partition coefficient (Wildman–Crippen LogP) is 1.43. The van der Waals surface area contributed by atoms with Crippen molar-refractivity contribution in [3.63, 3.8) is 0 Å². The number of ether oxygens (including phenoxy) is 2. The Hall–Kier alpha value is -2.38. The molecule has 0 unspecified atom stereocenters. The van der Waals surface area contributed by atoms with Crippen molar-refractivity contribution in [3.05, 3.63) is 36.0 Å². The summed E-state index contributed by atoms with van der Waals surface area (Å²) in [7, 11) is 6.18. The van der Waals surface area contributed by atoms with Crippen molar-refractivity contribution in [1.29, 1.82) is 0 Å². The molecule has 3 atom stereocenters. The van der Waals surface area contributed by atoms with Crippen LogP contribution < -0.4 is 0 Å². The Morgan fingerprint density at radius 1 is 1.08 bits per heavy atom. The van der Waals surface area contributed by atoms with Gasteiger partial charge in [-0.15, -0.1) is 0 Å².